The zero-order chi connectivity index (χ0) is 19.2. The van der Waals surface area contributed by atoms with Crippen molar-refractivity contribution in [2.45, 2.75) is 26.2 Å². The van der Waals surface area contributed by atoms with Gasteiger partial charge in [-0.05, 0) is 17.9 Å². The van der Waals surface area contributed by atoms with Crippen molar-refractivity contribution in [1.82, 2.24) is 9.80 Å². The Balaban J connectivity index is 2.07. The Morgan fingerprint density at radius 3 is 1.88 bits per heavy atom. The number of carbonyl (C=O) groups is 4. The van der Waals surface area contributed by atoms with Crippen molar-refractivity contribution in [3.8, 4) is 0 Å². The molecule has 0 spiro atoms. The van der Waals surface area contributed by atoms with E-state index < -0.39 is 23.7 Å². The highest BCUT2D eigenvalue weighted by Crippen LogP contribution is 2.46. The van der Waals surface area contributed by atoms with Crippen molar-refractivity contribution in [3.63, 3.8) is 0 Å². The summed E-state index contributed by atoms with van der Waals surface area (Å²) in [6, 6.07) is 9.59. The smallest absolute Gasteiger partial charge is 0.233 e. The normalized spacial score (nSPS) is 30.5. The molecule has 6 nitrogen and oxygen atoms in total. The molecule has 0 aliphatic carbocycles. The highest BCUT2D eigenvalue weighted by atomic mass is 16.2. The van der Waals surface area contributed by atoms with E-state index in [0.717, 1.165) is 15.4 Å². The molecular formula is C20H24N2O4. The van der Waals surface area contributed by atoms with Gasteiger partial charge < -0.3 is 0 Å². The van der Waals surface area contributed by atoms with Crippen LogP contribution in [0.5, 0.6) is 0 Å². The number of rotatable bonds is 4. The number of hydrogen-bond donors (Lipinski definition) is 0. The number of benzene rings is 1. The molecule has 0 saturated carbocycles. The van der Waals surface area contributed by atoms with Crippen molar-refractivity contribution in [2.75, 3.05) is 14.1 Å². The first-order valence-corrected chi connectivity index (χ1v) is 8.99. The maximum Gasteiger partial charge on any atom is 0.233 e. The zero-order valence-electron chi connectivity index (χ0n) is 15.5. The van der Waals surface area contributed by atoms with E-state index in [-0.39, 0.29) is 29.5 Å². The van der Waals surface area contributed by atoms with Crippen molar-refractivity contribution >= 4 is 23.6 Å². The molecule has 2 saturated heterocycles. The lowest BCUT2D eigenvalue weighted by atomic mass is 9.70. The van der Waals surface area contributed by atoms with Crippen LogP contribution in [0.1, 0.15) is 31.7 Å². The van der Waals surface area contributed by atoms with Gasteiger partial charge >= 0.3 is 0 Å². The standard InChI is InChI=1S/C20H24N2O4/c1-5-13(12-9-7-6-8-10-12)15-16(20(26)22(4)19(15)25)14-11(2)17(23)21(3)18(14)24/h6-11,13-16H,5H2,1-4H3. The minimum absolute atomic E-state index is 0.177. The molecule has 138 valence electrons. The quantitative estimate of drug-likeness (QED) is 0.769. The average Bonchev–Trinajstić information content (AvgIpc) is 2.97. The van der Waals surface area contributed by atoms with Crippen LogP contribution >= 0.6 is 0 Å². The van der Waals surface area contributed by atoms with Crippen LogP contribution in [0, 0.1) is 23.7 Å². The van der Waals surface area contributed by atoms with Crippen LogP contribution in [0.2, 0.25) is 0 Å². The molecule has 5 unspecified atom stereocenters. The van der Waals surface area contributed by atoms with Crippen LogP contribution in [0.4, 0.5) is 0 Å². The van der Waals surface area contributed by atoms with E-state index in [9.17, 15) is 19.2 Å². The third-order valence-corrected chi connectivity index (χ3v) is 5.98. The maximum absolute atomic E-state index is 12.9. The van der Waals surface area contributed by atoms with E-state index in [4.69, 9.17) is 0 Å². The number of likely N-dealkylation sites (tertiary alicyclic amines) is 2. The van der Waals surface area contributed by atoms with Crippen LogP contribution in [0.3, 0.4) is 0 Å². The fourth-order valence-electron chi connectivity index (χ4n) is 4.53. The molecule has 3 rings (SSSR count). The van der Waals surface area contributed by atoms with Gasteiger partial charge in [-0.3, -0.25) is 29.0 Å². The summed E-state index contributed by atoms with van der Waals surface area (Å²) in [5.74, 6) is -4.26. The Bertz CT molecular complexity index is 760. The summed E-state index contributed by atoms with van der Waals surface area (Å²) in [5.41, 5.74) is 0.972. The summed E-state index contributed by atoms with van der Waals surface area (Å²) in [6.07, 6.45) is 0.664. The van der Waals surface area contributed by atoms with Crippen molar-refractivity contribution in [1.29, 1.82) is 0 Å². The first kappa shape index (κ1) is 18.3. The Kier molecular flexibility index (Phi) is 4.69. The van der Waals surface area contributed by atoms with E-state index in [1.807, 2.05) is 37.3 Å². The Labute approximate surface area is 153 Å². The fraction of sp³-hybridized carbons (Fsp3) is 0.500. The van der Waals surface area contributed by atoms with Crippen LogP contribution in [-0.4, -0.2) is 47.5 Å². The lowest BCUT2D eigenvalue weighted by Crippen LogP contribution is -2.37. The lowest BCUT2D eigenvalue weighted by Gasteiger charge is -2.28. The number of amides is 4. The summed E-state index contributed by atoms with van der Waals surface area (Å²) >= 11 is 0. The minimum Gasteiger partial charge on any atom is -0.285 e. The monoisotopic (exact) mass is 356 g/mol. The predicted molar refractivity (Wildman–Crippen MR) is 94.7 cm³/mol. The molecule has 0 aromatic heterocycles. The van der Waals surface area contributed by atoms with E-state index in [2.05, 4.69) is 0 Å². The molecule has 1 aromatic rings. The molecule has 2 aliphatic rings. The van der Waals surface area contributed by atoms with Gasteiger partial charge in [0, 0.05) is 20.0 Å². The number of imide groups is 2. The molecule has 1 aromatic carbocycles. The van der Waals surface area contributed by atoms with Gasteiger partial charge in [-0.15, -0.1) is 0 Å². The summed E-state index contributed by atoms with van der Waals surface area (Å²) < 4.78 is 0. The van der Waals surface area contributed by atoms with Gasteiger partial charge in [-0.1, -0.05) is 44.2 Å². The van der Waals surface area contributed by atoms with E-state index in [0.29, 0.717) is 6.42 Å². The molecular weight excluding hydrogens is 332 g/mol. The van der Waals surface area contributed by atoms with Crippen molar-refractivity contribution in [3.05, 3.63) is 35.9 Å². The minimum atomic E-state index is -0.797. The average molecular weight is 356 g/mol. The third-order valence-electron chi connectivity index (χ3n) is 5.98. The van der Waals surface area contributed by atoms with Gasteiger partial charge in [0.2, 0.25) is 23.6 Å². The highest BCUT2D eigenvalue weighted by Gasteiger charge is 2.59. The van der Waals surface area contributed by atoms with Gasteiger partial charge in [-0.25, -0.2) is 0 Å². The van der Waals surface area contributed by atoms with Crippen LogP contribution in [0.15, 0.2) is 30.3 Å². The van der Waals surface area contributed by atoms with Gasteiger partial charge in [-0.2, -0.15) is 0 Å². The van der Waals surface area contributed by atoms with Gasteiger partial charge in [0.1, 0.15) is 0 Å². The molecule has 4 amide bonds. The first-order chi connectivity index (χ1) is 12.3. The summed E-state index contributed by atoms with van der Waals surface area (Å²) in [6.45, 7) is 3.65. The second kappa shape index (κ2) is 6.67. The van der Waals surface area contributed by atoms with E-state index >= 15 is 0 Å². The molecule has 26 heavy (non-hydrogen) atoms. The van der Waals surface area contributed by atoms with E-state index in [1.165, 1.54) is 14.1 Å². The molecule has 2 heterocycles. The summed E-state index contributed by atoms with van der Waals surface area (Å²) in [7, 11) is 2.90. The van der Waals surface area contributed by atoms with Crippen LogP contribution in [-0.2, 0) is 19.2 Å². The molecule has 0 bridgehead atoms. The van der Waals surface area contributed by atoms with Gasteiger partial charge in [0.05, 0.1) is 17.8 Å². The summed E-state index contributed by atoms with van der Waals surface area (Å²) in [4.78, 5) is 53.0. The van der Waals surface area contributed by atoms with Gasteiger partial charge in [0.25, 0.3) is 0 Å². The number of hydrogen-bond acceptors (Lipinski definition) is 4. The van der Waals surface area contributed by atoms with E-state index in [1.54, 1.807) is 6.92 Å². The van der Waals surface area contributed by atoms with Crippen molar-refractivity contribution in [2.24, 2.45) is 23.7 Å². The molecule has 2 aliphatic heterocycles. The Hall–Kier alpha value is -2.50. The first-order valence-electron chi connectivity index (χ1n) is 8.99. The molecule has 2 fully saturated rings. The molecule has 0 radical (unpaired) electrons. The largest absolute Gasteiger partial charge is 0.285 e. The Morgan fingerprint density at radius 1 is 0.846 bits per heavy atom. The van der Waals surface area contributed by atoms with Crippen LogP contribution < -0.4 is 0 Å². The molecule has 0 N–H and O–H groups in total. The van der Waals surface area contributed by atoms with Gasteiger partial charge in [0.15, 0.2) is 0 Å². The molecule has 6 heteroatoms. The third kappa shape index (κ3) is 2.55. The number of carbonyl (C=O) groups excluding carboxylic acids is 4. The SMILES string of the molecule is CCC(c1ccccc1)C1C(=O)N(C)C(=O)C1C1C(=O)N(C)C(=O)C1C. The maximum atomic E-state index is 12.9. The second-order valence-electron chi connectivity index (χ2n) is 7.26. The second-order valence-corrected chi connectivity index (χ2v) is 7.26. The molecule has 5 atom stereocenters. The van der Waals surface area contributed by atoms with Crippen LogP contribution in [0.25, 0.3) is 0 Å². The lowest BCUT2D eigenvalue weighted by molar-refractivity contribution is -0.142. The highest BCUT2D eigenvalue weighted by molar-refractivity contribution is 6.11. The number of nitrogens with zero attached hydrogens (tertiary/aromatic N) is 2. The Morgan fingerprint density at radius 2 is 1.38 bits per heavy atom. The predicted octanol–water partition coefficient (Wildman–Crippen LogP) is 1.66. The summed E-state index contributed by atoms with van der Waals surface area (Å²) in [5, 5.41) is 0. The van der Waals surface area contributed by atoms with Crippen molar-refractivity contribution < 1.29 is 19.2 Å². The zero-order valence-corrected chi connectivity index (χ0v) is 15.5. The topological polar surface area (TPSA) is 74.8 Å². The fourth-order valence-corrected chi connectivity index (χ4v) is 4.53.